The van der Waals surface area contributed by atoms with E-state index in [9.17, 15) is 13.2 Å². The van der Waals surface area contributed by atoms with Crippen molar-refractivity contribution in [1.82, 2.24) is 5.32 Å². The van der Waals surface area contributed by atoms with Gasteiger partial charge >= 0.3 is 6.18 Å². The predicted octanol–water partition coefficient (Wildman–Crippen LogP) is 4.21. The number of ether oxygens (including phenoxy) is 1. The molecule has 118 valence electrons. The van der Waals surface area contributed by atoms with Gasteiger partial charge in [0.25, 0.3) is 0 Å². The summed E-state index contributed by atoms with van der Waals surface area (Å²) in [5, 5.41) is 3.22. The molecule has 2 atom stereocenters. The van der Waals surface area contributed by atoms with E-state index in [1.54, 1.807) is 26.0 Å². The maximum Gasteiger partial charge on any atom is 0.416 e. The molecule has 0 radical (unpaired) electrons. The van der Waals surface area contributed by atoms with Crippen LogP contribution in [0.25, 0.3) is 0 Å². The molecular weight excluding hydrogens is 279 g/mol. The molecule has 0 saturated carbocycles. The zero-order chi connectivity index (χ0) is 15.6. The van der Waals surface area contributed by atoms with E-state index >= 15 is 0 Å². The molecular formula is C16H22F3NO. The summed E-state index contributed by atoms with van der Waals surface area (Å²) in [4.78, 5) is 0. The van der Waals surface area contributed by atoms with Gasteiger partial charge in [0.1, 0.15) is 5.75 Å². The minimum Gasteiger partial charge on any atom is -0.491 e. The third-order valence-electron chi connectivity index (χ3n) is 3.89. The summed E-state index contributed by atoms with van der Waals surface area (Å²) in [6, 6.07) is 4.39. The van der Waals surface area contributed by atoms with Crippen molar-refractivity contribution in [3.05, 3.63) is 29.3 Å². The topological polar surface area (TPSA) is 21.3 Å². The fraction of sp³-hybridized carbons (Fsp3) is 0.625. The van der Waals surface area contributed by atoms with E-state index in [2.05, 4.69) is 5.32 Å². The van der Waals surface area contributed by atoms with Crippen molar-refractivity contribution in [3.63, 3.8) is 0 Å². The number of halogens is 3. The summed E-state index contributed by atoms with van der Waals surface area (Å²) in [6.07, 6.45) is -3.76. The predicted molar refractivity (Wildman–Crippen MR) is 76.6 cm³/mol. The Morgan fingerprint density at radius 3 is 2.57 bits per heavy atom. The van der Waals surface area contributed by atoms with Crippen LogP contribution in [0.5, 0.6) is 5.75 Å². The van der Waals surface area contributed by atoms with Gasteiger partial charge in [0.2, 0.25) is 0 Å². The van der Waals surface area contributed by atoms with Gasteiger partial charge in [-0.1, -0.05) is 13.0 Å². The molecule has 1 aromatic carbocycles. The number of hydrogen-bond acceptors (Lipinski definition) is 2. The molecule has 0 spiro atoms. The quantitative estimate of drug-likeness (QED) is 0.903. The third kappa shape index (κ3) is 3.90. The zero-order valence-corrected chi connectivity index (χ0v) is 12.6. The lowest BCUT2D eigenvalue weighted by atomic mass is 9.80. The first-order chi connectivity index (χ1) is 9.79. The molecule has 0 bridgehead atoms. The Hall–Kier alpha value is -1.23. The summed E-state index contributed by atoms with van der Waals surface area (Å²) >= 11 is 0. The van der Waals surface area contributed by atoms with Crippen molar-refractivity contribution in [2.75, 3.05) is 13.1 Å². The second kappa shape index (κ2) is 6.26. The second-order valence-corrected chi connectivity index (χ2v) is 5.99. The Labute approximate surface area is 123 Å². The lowest BCUT2D eigenvalue weighted by Gasteiger charge is -2.32. The summed E-state index contributed by atoms with van der Waals surface area (Å²) < 4.78 is 45.5. The molecule has 2 nitrogen and oxygen atoms in total. The van der Waals surface area contributed by atoms with Crippen LogP contribution in [0.15, 0.2) is 18.2 Å². The van der Waals surface area contributed by atoms with Crippen molar-refractivity contribution < 1.29 is 17.9 Å². The number of piperidine rings is 1. The molecule has 1 aliphatic heterocycles. The monoisotopic (exact) mass is 301 g/mol. The van der Waals surface area contributed by atoms with E-state index in [1.807, 2.05) is 6.92 Å². The first-order valence-corrected chi connectivity index (χ1v) is 7.37. The SMILES string of the molecule is CC(C)Oc1ccc([C@@H]2CCNC[C@@H]2C)c(C(F)(F)F)c1. The molecule has 5 heteroatoms. The van der Waals surface area contributed by atoms with Gasteiger partial charge in [-0.15, -0.1) is 0 Å². The Balaban J connectivity index is 2.40. The molecule has 1 fully saturated rings. The maximum atomic E-state index is 13.4. The number of nitrogens with one attached hydrogen (secondary N) is 1. The van der Waals surface area contributed by atoms with Crippen LogP contribution in [0, 0.1) is 5.92 Å². The van der Waals surface area contributed by atoms with Gasteiger partial charge in [-0.25, -0.2) is 0 Å². The molecule has 21 heavy (non-hydrogen) atoms. The molecule has 1 saturated heterocycles. The van der Waals surface area contributed by atoms with E-state index in [4.69, 9.17) is 4.74 Å². The van der Waals surface area contributed by atoms with Crippen molar-refractivity contribution in [2.24, 2.45) is 5.92 Å². The van der Waals surface area contributed by atoms with Crippen molar-refractivity contribution in [1.29, 1.82) is 0 Å². The minimum absolute atomic E-state index is 0.0593. The molecule has 0 aromatic heterocycles. The van der Waals surface area contributed by atoms with Crippen LogP contribution in [-0.4, -0.2) is 19.2 Å². The average Bonchev–Trinajstić information content (AvgIpc) is 2.38. The molecule has 1 aromatic rings. The summed E-state index contributed by atoms with van der Waals surface area (Å²) in [5.74, 6) is 0.412. The Kier molecular flexibility index (Phi) is 4.81. The Morgan fingerprint density at radius 1 is 1.29 bits per heavy atom. The fourth-order valence-corrected chi connectivity index (χ4v) is 2.93. The molecule has 2 rings (SSSR count). The molecule has 0 unspecified atom stereocenters. The molecule has 0 amide bonds. The van der Waals surface area contributed by atoms with Crippen LogP contribution in [0.1, 0.15) is 44.2 Å². The van der Waals surface area contributed by atoms with Crippen molar-refractivity contribution in [3.8, 4) is 5.75 Å². The van der Waals surface area contributed by atoms with E-state index in [-0.39, 0.29) is 23.7 Å². The first kappa shape index (κ1) is 16.1. The minimum atomic E-state index is -4.35. The molecule has 0 aliphatic carbocycles. The van der Waals surface area contributed by atoms with Gasteiger partial charge in [0.15, 0.2) is 0 Å². The highest BCUT2D eigenvalue weighted by atomic mass is 19.4. The van der Waals surface area contributed by atoms with Gasteiger partial charge in [-0.05, 0) is 62.9 Å². The highest BCUT2D eigenvalue weighted by Crippen LogP contribution is 2.41. The molecule has 1 heterocycles. The smallest absolute Gasteiger partial charge is 0.416 e. The molecule has 1 aliphatic rings. The van der Waals surface area contributed by atoms with E-state index in [0.717, 1.165) is 25.6 Å². The van der Waals surface area contributed by atoms with Crippen molar-refractivity contribution in [2.45, 2.75) is 45.4 Å². The maximum absolute atomic E-state index is 13.4. The van der Waals surface area contributed by atoms with Gasteiger partial charge in [-0.3, -0.25) is 0 Å². The lowest BCUT2D eigenvalue weighted by molar-refractivity contribution is -0.138. The second-order valence-electron chi connectivity index (χ2n) is 5.99. The van der Waals surface area contributed by atoms with Gasteiger partial charge in [0.05, 0.1) is 11.7 Å². The Bertz CT molecular complexity index is 485. The number of benzene rings is 1. The van der Waals surface area contributed by atoms with Gasteiger partial charge < -0.3 is 10.1 Å². The summed E-state index contributed by atoms with van der Waals surface area (Å²) in [5.41, 5.74) is -0.160. The number of alkyl halides is 3. The van der Waals surface area contributed by atoms with Crippen LogP contribution >= 0.6 is 0 Å². The zero-order valence-electron chi connectivity index (χ0n) is 12.6. The van der Waals surface area contributed by atoms with Gasteiger partial charge in [-0.2, -0.15) is 13.2 Å². The number of rotatable bonds is 3. The first-order valence-electron chi connectivity index (χ1n) is 7.37. The van der Waals surface area contributed by atoms with Gasteiger partial charge in [0, 0.05) is 0 Å². The number of hydrogen-bond donors (Lipinski definition) is 1. The van der Waals surface area contributed by atoms with E-state index in [1.165, 1.54) is 0 Å². The normalized spacial score (nSPS) is 23.4. The van der Waals surface area contributed by atoms with Crippen LogP contribution < -0.4 is 10.1 Å². The Morgan fingerprint density at radius 2 is 2.00 bits per heavy atom. The standard InChI is InChI=1S/C16H22F3NO/c1-10(2)21-12-4-5-14(15(8-12)16(17,18)19)13-6-7-20-9-11(13)3/h4-5,8,10-11,13,20H,6-7,9H2,1-3H3/t11-,13+/m0/s1. The van der Waals surface area contributed by atoms with Crippen LogP contribution in [-0.2, 0) is 6.18 Å². The summed E-state index contributed by atoms with van der Waals surface area (Å²) in [6.45, 7) is 7.12. The largest absolute Gasteiger partial charge is 0.491 e. The summed E-state index contributed by atoms with van der Waals surface area (Å²) in [7, 11) is 0. The van der Waals surface area contributed by atoms with Crippen LogP contribution in [0.4, 0.5) is 13.2 Å². The highest BCUT2D eigenvalue weighted by Gasteiger charge is 2.37. The lowest BCUT2D eigenvalue weighted by Crippen LogP contribution is -2.34. The third-order valence-corrected chi connectivity index (χ3v) is 3.89. The average molecular weight is 301 g/mol. The van der Waals surface area contributed by atoms with Crippen LogP contribution in [0.3, 0.4) is 0 Å². The highest BCUT2D eigenvalue weighted by molar-refractivity contribution is 5.40. The van der Waals surface area contributed by atoms with Crippen LogP contribution in [0.2, 0.25) is 0 Å². The fourth-order valence-electron chi connectivity index (χ4n) is 2.93. The molecule has 1 N–H and O–H groups in total. The van der Waals surface area contributed by atoms with E-state index in [0.29, 0.717) is 5.56 Å². The van der Waals surface area contributed by atoms with E-state index < -0.39 is 11.7 Å². The van der Waals surface area contributed by atoms with Crippen molar-refractivity contribution >= 4 is 0 Å².